The van der Waals surface area contributed by atoms with Crippen LogP contribution in [0.3, 0.4) is 0 Å². The van der Waals surface area contributed by atoms with E-state index in [9.17, 15) is 8.42 Å². The van der Waals surface area contributed by atoms with Gasteiger partial charge in [0, 0.05) is 12.0 Å². The van der Waals surface area contributed by atoms with Crippen LogP contribution in [-0.4, -0.2) is 24.2 Å². The minimum absolute atomic E-state index is 0.0440. The molecular weight excluding hydrogens is 322 g/mol. The minimum Gasteiger partial charge on any atom is -0.240 e. The van der Waals surface area contributed by atoms with Gasteiger partial charge in [-0.3, -0.25) is 0 Å². The van der Waals surface area contributed by atoms with Gasteiger partial charge in [0.2, 0.25) is 10.0 Å². The highest BCUT2D eigenvalue weighted by molar-refractivity contribution is 7.89. The third-order valence-electron chi connectivity index (χ3n) is 4.21. The maximum Gasteiger partial charge on any atom is 0.243 e. The Kier molecular flexibility index (Phi) is 3.70. The maximum absolute atomic E-state index is 12.5. The van der Waals surface area contributed by atoms with Crippen molar-refractivity contribution >= 4 is 10.0 Å². The monoisotopic (exact) mass is 339 g/mol. The fourth-order valence-electron chi connectivity index (χ4n) is 2.83. The van der Waals surface area contributed by atoms with Crippen LogP contribution in [0.15, 0.2) is 78.0 Å². The summed E-state index contributed by atoms with van der Waals surface area (Å²) in [5, 5.41) is 4.16. The summed E-state index contributed by atoms with van der Waals surface area (Å²) in [7, 11) is -3.56. The Morgan fingerprint density at radius 2 is 1.67 bits per heavy atom. The largest absolute Gasteiger partial charge is 0.243 e. The second-order valence-corrected chi connectivity index (χ2v) is 7.65. The molecule has 1 heterocycles. The molecule has 0 aliphatic heterocycles. The van der Waals surface area contributed by atoms with Crippen molar-refractivity contribution in [3.63, 3.8) is 0 Å². The zero-order valence-electron chi connectivity index (χ0n) is 12.9. The van der Waals surface area contributed by atoms with Crippen LogP contribution in [0, 0.1) is 0 Å². The molecule has 1 aromatic heterocycles. The molecule has 1 saturated carbocycles. The molecule has 4 rings (SSSR count). The van der Waals surface area contributed by atoms with E-state index in [4.69, 9.17) is 0 Å². The summed E-state index contributed by atoms with van der Waals surface area (Å²) in [6.45, 7) is 0. The number of hydrogen-bond acceptors (Lipinski definition) is 3. The van der Waals surface area contributed by atoms with Crippen molar-refractivity contribution in [3.05, 3.63) is 78.6 Å². The molecule has 2 atom stereocenters. The van der Waals surface area contributed by atoms with Gasteiger partial charge in [-0.15, -0.1) is 0 Å². The van der Waals surface area contributed by atoms with Crippen LogP contribution in [0.4, 0.5) is 0 Å². The maximum atomic E-state index is 12.5. The number of benzene rings is 2. The van der Waals surface area contributed by atoms with E-state index in [1.165, 1.54) is 18.0 Å². The molecule has 24 heavy (non-hydrogen) atoms. The van der Waals surface area contributed by atoms with Gasteiger partial charge >= 0.3 is 0 Å². The summed E-state index contributed by atoms with van der Waals surface area (Å²) in [6.07, 6.45) is 3.75. The summed E-state index contributed by atoms with van der Waals surface area (Å²) in [6, 6.07) is 19.4. The first-order valence-electron chi connectivity index (χ1n) is 7.81. The topological polar surface area (TPSA) is 64.0 Å². The molecular formula is C18H17N3O2S. The number of hydrogen-bond donors (Lipinski definition) is 1. The van der Waals surface area contributed by atoms with Crippen LogP contribution in [0.25, 0.3) is 5.69 Å². The van der Waals surface area contributed by atoms with E-state index >= 15 is 0 Å². The van der Waals surface area contributed by atoms with E-state index in [1.54, 1.807) is 4.68 Å². The second kappa shape index (κ2) is 5.89. The fourth-order valence-corrected chi connectivity index (χ4v) is 4.05. The predicted octanol–water partition coefficient (Wildman–Crippen LogP) is 2.71. The summed E-state index contributed by atoms with van der Waals surface area (Å²) in [5.74, 6) is 0.255. The molecule has 0 radical (unpaired) electrons. The Balaban J connectivity index is 1.49. The minimum atomic E-state index is -3.56. The Morgan fingerprint density at radius 3 is 2.38 bits per heavy atom. The van der Waals surface area contributed by atoms with Crippen molar-refractivity contribution in [1.82, 2.24) is 14.5 Å². The highest BCUT2D eigenvalue weighted by Crippen LogP contribution is 2.41. The standard InChI is InChI=1S/C18H17N3O2S/c22-24(23,20-18-11-17(18)14-7-3-1-4-8-14)16-12-19-21(13-16)15-9-5-2-6-10-15/h1-10,12-13,17-18,20H,11H2/t17-,18-/m0/s1. The zero-order valence-corrected chi connectivity index (χ0v) is 13.7. The summed E-state index contributed by atoms with van der Waals surface area (Å²) in [5.41, 5.74) is 2.00. The number of nitrogens with one attached hydrogen (secondary N) is 1. The van der Waals surface area contributed by atoms with Crippen LogP contribution >= 0.6 is 0 Å². The molecule has 0 saturated heterocycles. The normalized spacial score (nSPS) is 20.0. The van der Waals surface area contributed by atoms with Gasteiger partial charge in [0.1, 0.15) is 4.90 Å². The molecule has 1 N–H and O–H groups in total. The highest BCUT2D eigenvalue weighted by Gasteiger charge is 2.41. The lowest BCUT2D eigenvalue weighted by atomic mass is 10.1. The number of para-hydroxylation sites is 1. The summed E-state index contributed by atoms with van der Waals surface area (Å²) < 4.78 is 29.4. The number of sulfonamides is 1. The molecule has 2 aromatic carbocycles. The fraction of sp³-hybridized carbons (Fsp3) is 0.167. The average molecular weight is 339 g/mol. The quantitative estimate of drug-likeness (QED) is 0.777. The van der Waals surface area contributed by atoms with E-state index in [2.05, 4.69) is 9.82 Å². The SMILES string of the molecule is O=S(=O)(N[C@H]1C[C@H]1c1ccccc1)c1cnn(-c2ccccc2)c1. The molecule has 1 aliphatic carbocycles. The van der Waals surface area contributed by atoms with E-state index in [0.29, 0.717) is 0 Å². The van der Waals surface area contributed by atoms with Gasteiger partial charge in [0.05, 0.1) is 18.1 Å². The first-order valence-corrected chi connectivity index (χ1v) is 9.29. The Labute approximate surface area is 141 Å². The van der Waals surface area contributed by atoms with Crippen LogP contribution in [0.2, 0.25) is 0 Å². The first-order chi connectivity index (χ1) is 11.6. The van der Waals surface area contributed by atoms with Crippen molar-refractivity contribution in [2.75, 3.05) is 0 Å². The Hall–Kier alpha value is -2.44. The average Bonchev–Trinajstić information content (AvgIpc) is 3.17. The van der Waals surface area contributed by atoms with Gasteiger partial charge in [-0.05, 0) is 24.1 Å². The van der Waals surface area contributed by atoms with Crippen molar-refractivity contribution in [2.45, 2.75) is 23.3 Å². The predicted molar refractivity (Wildman–Crippen MR) is 91.5 cm³/mol. The lowest BCUT2D eigenvalue weighted by molar-refractivity contribution is 0.580. The van der Waals surface area contributed by atoms with Gasteiger partial charge < -0.3 is 0 Å². The van der Waals surface area contributed by atoms with E-state index in [0.717, 1.165) is 12.1 Å². The van der Waals surface area contributed by atoms with Crippen LogP contribution in [-0.2, 0) is 10.0 Å². The van der Waals surface area contributed by atoms with Gasteiger partial charge in [0.25, 0.3) is 0 Å². The lowest BCUT2D eigenvalue weighted by Crippen LogP contribution is -2.26. The van der Waals surface area contributed by atoms with Crippen LogP contribution < -0.4 is 4.72 Å². The Bertz CT molecular complexity index is 937. The number of rotatable bonds is 5. The second-order valence-electron chi connectivity index (χ2n) is 5.94. The molecule has 6 heteroatoms. The van der Waals surface area contributed by atoms with Crippen molar-refractivity contribution in [3.8, 4) is 5.69 Å². The third kappa shape index (κ3) is 2.98. The van der Waals surface area contributed by atoms with E-state index < -0.39 is 10.0 Å². The van der Waals surface area contributed by atoms with Gasteiger partial charge in [-0.2, -0.15) is 5.10 Å². The highest BCUT2D eigenvalue weighted by atomic mass is 32.2. The Morgan fingerprint density at radius 1 is 1.00 bits per heavy atom. The molecule has 3 aromatic rings. The van der Waals surface area contributed by atoms with Crippen LogP contribution in [0.5, 0.6) is 0 Å². The molecule has 0 amide bonds. The number of nitrogens with zero attached hydrogens (tertiary/aromatic N) is 2. The molecule has 0 spiro atoms. The smallest absolute Gasteiger partial charge is 0.240 e. The molecule has 1 aliphatic rings. The van der Waals surface area contributed by atoms with Crippen LogP contribution in [0.1, 0.15) is 17.9 Å². The van der Waals surface area contributed by atoms with Crippen molar-refractivity contribution in [1.29, 1.82) is 0 Å². The first kappa shape index (κ1) is 15.1. The molecule has 5 nitrogen and oxygen atoms in total. The van der Waals surface area contributed by atoms with Gasteiger partial charge in [0.15, 0.2) is 0 Å². The van der Waals surface area contributed by atoms with E-state index in [1.807, 2.05) is 60.7 Å². The molecule has 0 bridgehead atoms. The van der Waals surface area contributed by atoms with Gasteiger partial charge in [-0.1, -0.05) is 48.5 Å². The van der Waals surface area contributed by atoms with E-state index in [-0.39, 0.29) is 16.9 Å². The van der Waals surface area contributed by atoms with Crippen molar-refractivity contribution < 1.29 is 8.42 Å². The third-order valence-corrected chi connectivity index (χ3v) is 5.66. The zero-order chi connectivity index (χ0) is 16.6. The lowest BCUT2D eigenvalue weighted by Gasteiger charge is -2.04. The van der Waals surface area contributed by atoms with Crippen molar-refractivity contribution in [2.24, 2.45) is 0 Å². The summed E-state index contributed by atoms with van der Waals surface area (Å²) in [4.78, 5) is 0.185. The number of aromatic nitrogens is 2. The molecule has 0 unspecified atom stereocenters. The molecule has 1 fully saturated rings. The van der Waals surface area contributed by atoms with Gasteiger partial charge in [-0.25, -0.2) is 17.8 Å². The summed E-state index contributed by atoms with van der Waals surface area (Å²) >= 11 is 0. The molecule has 122 valence electrons.